The first-order valence-corrected chi connectivity index (χ1v) is 12.8. The van der Waals surface area contributed by atoms with Gasteiger partial charge in [0.05, 0.1) is 25.4 Å². The predicted octanol–water partition coefficient (Wildman–Crippen LogP) is 2.83. The van der Waals surface area contributed by atoms with Crippen molar-refractivity contribution >= 4 is 5.91 Å². The van der Waals surface area contributed by atoms with Crippen molar-refractivity contribution in [3.05, 3.63) is 66.3 Å². The number of aryl methyl sites for hydroxylation is 4. The summed E-state index contributed by atoms with van der Waals surface area (Å²) in [5, 5.41) is 3.17. The van der Waals surface area contributed by atoms with Gasteiger partial charge in [-0.05, 0) is 55.4 Å². The second-order valence-corrected chi connectivity index (χ2v) is 9.99. The third-order valence-electron chi connectivity index (χ3n) is 7.28. The summed E-state index contributed by atoms with van der Waals surface area (Å²) in [7, 11) is 2.02. The molecule has 1 aliphatic heterocycles. The number of likely N-dealkylation sites (tertiary alicyclic amines) is 1. The summed E-state index contributed by atoms with van der Waals surface area (Å²) in [4.78, 5) is 24.0. The number of nitrogens with zero attached hydrogens (tertiary/aromatic N) is 5. The SMILES string of the molecule is Cn1ccnc1CN1C[C@@H](COc2ccc3c(c2)CCC3)C[C@@H](C(=O)NCCCn2ccnc2)C1. The van der Waals surface area contributed by atoms with Gasteiger partial charge in [-0.2, -0.15) is 0 Å². The van der Waals surface area contributed by atoms with Crippen LogP contribution in [0.2, 0.25) is 0 Å². The van der Waals surface area contributed by atoms with E-state index in [0.29, 0.717) is 19.1 Å². The quantitative estimate of drug-likeness (QED) is 0.456. The molecule has 2 aliphatic rings. The molecule has 3 heterocycles. The number of imidazole rings is 2. The number of benzene rings is 1. The number of carbonyl (C=O) groups is 1. The Morgan fingerprint density at radius 2 is 2.09 bits per heavy atom. The van der Waals surface area contributed by atoms with Gasteiger partial charge in [0.1, 0.15) is 11.6 Å². The predicted molar refractivity (Wildman–Crippen MR) is 134 cm³/mol. The van der Waals surface area contributed by atoms with Gasteiger partial charge in [0.15, 0.2) is 0 Å². The molecule has 8 nitrogen and oxygen atoms in total. The van der Waals surface area contributed by atoms with Gasteiger partial charge < -0.3 is 19.2 Å². The normalized spacial score (nSPS) is 20.0. The Morgan fingerprint density at radius 1 is 1.17 bits per heavy atom. The summed E-state index contributed by atoms with van der Waals surface area (Å²) in [6.07, 6.45) is 14.6. The van der Waals surface area contributed by atoms with Gasteiger partial charge in [-0.1, -0.05) is 6.07 Å². The minimum absolute atomic E-state index is 0.0501. The Labute approximate surface area is 207 Å². The van der Waals surface area contributed by atoms with Gasteiger partial charge in [-0.25, -0.2) is 9.97 Å². The van der Waals surface area contributed by atoms with E-state index in [0.717, 1.165) is 57.0 Å². The highest BCUT2D eigenvalue weighted by molar-refractivity contribution is 5.79. The summed E-state index contributed by atoms with van der Waals surface area (Å²) >= 11 is 0. The van der Waals surface area contributed by atoms with Gasteiger partial charge >= 0.3 is 0 Å². The number of nitrogens with one attached hydrogen (secondary N) is 1. The highest BCUT2D eigenvalue weighted by Crippen LogP contribution is 2.28. The smallest absolute Gasteiger partial charge is 0.224 e. The highest BCUT2D eigenvalue weighted by atomic mass is 16.5. The lowest BCUT2D eigenvalue weighted by atomic mass is 9.89. The number of ether oxygens (including phenoxy) is 1. The van der Waals surface area contributed by atoms with Gasteiger partial charge in [0.25, 0.3) is 0 Å². The molecule has 1 aromatic carbocycles. The van der Waals surface area contributed by atoms with E-state index in [1.54, 1.807) is 6.20 Å². The van der Waals surface area contributed by atoms with Crippen LogP contribution in [-0.4, -0.2) is 56.2 Å². The van der Waals surface area contributed by atoms with E-state index in [-0.39, 0.29) is 11.8 Å². The second-order valence-electron chi connectivity index (χ2n) is 9.99. The molecule has 1 amide bonds. The van der Waals surface area contributed by atoms with Crippen LogP contribution in [0.15, 0.2) is 49.3 Å². The molecule has 1 fully saturated rings. The number of hydrogen-bond donors (Lipinski definition) is 1. The Morgan fingerprint density at radius 3 is 2.91 bits per heavy atom. The van der Waals surface area contributed by atoms with Crippen LogP contribution < -0.4 is 10.1 Å². The monoisotopic (exact) mass is 476 g/mol. The first-order valence-electron chi connectivity index (χ1n) is 12.8. The van der Waals surface area contributed by atoms with Crippen LogP contribution in [0.25, 0.3) is 0 Å². The lowest BCUT2D eigenvalue weighted by molar-refractivity contribution is -0.127. The Bertz CT molecular complexity index is 1110. The van der Waals surface area contributed by atoms with Crippen LogP contribution in [0.5, 0.6) is 5.75 Å². The molecular formula is C27H36N6O2. The van der Waals surface area contributed by atoms with E-state index in [9.17, 15) is 4.79 Å². The van der Waals surface area contributed by atoms with Crippen molar-refractivity contribution in [3.8, 4) is 5.75 Å². The zero-order chi connectivity index (χ0) is 24.0. The van der Waals surface area contributed by atoms with Crippen molar-refractivity contribution in [2.24, 2.45) is 18.9 Å². The van der Waals surface area contributed by atoms with Crippen molar-refractivity contribution in [1.29, 1.82) is 0 Å². The van der Waals surface area contributed by atoms with E-state index in [1.807, 2.05) is 36.5 Å². The zero-order valence-electron chi connectivity index (χ0n) is 20.6. The minimum Gasteiger partial charge on any atom is -0.493 e. The maximum absolute atomic E-state index is 13.1. The molecule has 2 atom stereocenters. The fourth-order valence-corrected chi connectivity index (χ4v) is 5.38. The molecule has 1 aliphatic carbocycles. The molecule has 2 aromatic heterocycles. The molecule has 35 heavy (non-hydrogen) atoms. The van der Waals surface area contributed by atoms with Gasteiger partial charge in [0, 0.05) is 63.9 Å². The van der Waals surface area contributed by atoms with Crippen LogP contribution in [0.4, 0.5) is 0 Å². The lowest BCUT2D eigenvalue weighted by Crippen LogP contribution is -2.47. The number of carbonyl (C=O) groups excluding carboxylic acids is 1. The molecule has 0 bridgehead atoms. The first-order chi connectivity index (χ1) is 17.1. The molecular weight excluding hydrogens is 440 g/mol. The Kier molecular flexibility index (Phi) is 7.47. The van der Waals surface area contributed by atoms with E-state index in [4.69, 9.17) is 4.74 Å². The Hall–Kier alpha value is -3.13. The van der Waals surface area contributed by atoms with Gasteiger partial charge in [-0.15, -0.1) is 0 Å². The number of fused-ring (bicyclic) bond motifs is 1. The second kappa shape index (κ2) is 11.1. The molecule has 1 N–H and O–H groups in total. The first kappa shape index (κ1) is 23.6. The highest BCUT2D eigenvalue weighted by Gasteiger charge is 2.32. The standard InChI is InChI=1S/C27H36N6O2/c1-31-12-10-29-26(31)18-33-16-21(19-35-25-7-6-22-4-2-5-23(22)15-25)14-24(17-33)27(34)30-8-3-11-32-13-9-28-20-32/h6-7,9-10,12-13,15,20-21,24H,2-5,8,11,14,16-19H2,1H3,(H,30,34)/t21-,24+/m0/s1. The fourth-order valence-electron chi connectivity index (χ4n) is 5.38. The summed E-state index contributed by atoms with van der Waals surface area (Å²) in [5.74, 6) is 2.35. The average Bonchev–Trinajstić information content (AvgIpc) is 3.63. The maximum atomic E-state index is 13.1. The number of rotatable bonds is 10. The van der Waals surface area contributed by atoms with Crippen LogP contribution in [0, 0.1) is 11.8 Å². The van der Waals surface area contributed by atoms with E-state index in [1.165, 1.54) is 24.0 Å². The van der Waals surface area contributed by atoms with Gasteiger partial charge in [0.2, 0.25) is 5.91 Å². The molecule has 3 aromatic rings. The molecule has 186 valence electrons. The number of piperidine rings is 1. The van der Waals surface area contributed by atoms with Crippen molar-refractivity contribution in [3.63, 3.8) is 0 Å². The molecule has 8 heteroatoms. The van der Waals surface area contributed by atoms with Crippen LogP contribution in [-0.2, 0) is 37.8 Å². The zero-order valence-corrected chi connectivity index (χ0v) is 20.6. The molecule has 0 radical (unpaired) electrons. The van der Waals surface area contributed by atoms with E-state index in [2.05, 4.69) is 43.0 Å². The number of amides is 1. The number of aromatic nitrogens is 4. The summed E-state index contributed by atoms with van der Waals surface area (Å²) < 4.78 is 10.3. The maximum Gasteiger partial charge on any atom is 0.224 e. The van der Waals surface area contributed by atoms with Crippen LogP contribution in [0.1, 0.15) is 36.2 Å². The van der Waals surface area contributed by atoms with Crippen molar-refractivity contribution in [2.75, 3.05) is 26.2 Å². The lowest BCUT2D eigenvalue weighted by Gasteiger charge is -2.37. The van der Waals surface area contributed by atoms with E-state index >= 15 is 0 Å². The van der Waals surface area contributed by atoms with Crippen LogP contribution >= 0.6 is 0 Å². The topological polar surface area (TPSA) is 77.2 Å². The summed E-state index contributed by atoms with van der Waals surface area (Å²) in [5.41, 5.74) is 2.89. The van der Waals surface area contributed by atoms with Crippen LogP contribution in [0.3, 0.4) is 0 Å². The Balaban J connectivity index is 1.18. The molecule has 1 saturated heterocycles. The fraction of sp³-hybridized carbons (Fsp3) is 0.519. The largest absolute Gasteiger partial charge is 0.493 e. The van der Waals surface area contributed by atoms with Crippen molar-refractivity contribution in [1.82, 2.24) is 29.3 Å². The minimum atomic E-state index is -0.0501. The third kappa shape index (κ3) is 6.11. The van der Waals surface area contributed by atoms with Crippen molar-refractivity contribution in [2.45, 2.75) is 45.2 Å². The third-order valence-corrected chi connectivity index (χ3v) is 7.28. The molecule has 0 unspecified atom stereocenters. The summed E-state index contributed by atoms with van der Waals surface area (Å²) in [6.45, 7) is 4.54. The van der Waals surface area contributed by atoms with Gasteiger partial charge in [-0.3, -0.25) is 9.69 Å². The molecule has 0 saturated carbocycles. The number of hydrogen-bond acceptors (Lipinski definition) is 5. The molecule has 0 spiro atoms. The summed E-state index contributed by atoms with van der Waals surface area (Å²) in [6, 6.07) is 6.52. The molecule has 5 rings (SSSR count). The van der Waals surface area contributed by atoms with Crippen molar-refractivity contribution < 1.29 is 9.53 Å². The van der Waals surface area contributed by atoms with E-state index < -0.39 is 0 Å². The average molecular weight is 477 g/mol.